The van der Waals surface area contributed by atoms with Gasteiger partial charge in [0.1, 0.15) is 0 Å². The van der Waals surface area contributed by atoms with Gasteiger partial charge in [-0.1, -0.05) is 13.8 Å². The van der Waals surface area contributed by atoms with E-state index in [0.29, 0.717) is 18.7 Å². The summed E-state index contributed by atoms with van der Waals surface area (Å²) < 4.78 is 22.6. The zero-order valence-corrected chi connectivity index (χ0v) is 13.2. The molecule has 0 spiro atoms. The standard InChI is InChI=1S/C14H20N2O4S/c1-10(2)13(17)15-8-9-16-14(18)11-4-6-12(7-5-11)21(3,19)20/h4-7,10H,8-9H2,1-3H3,(H,15,17)(H,16,18). The zero-order chi connectivity index (χ0) is 16.0. The van der Waals surface area contributed by atoms with E-state index in [9.17, 15) is 18.0 Å². The van der Waals surface area contributed by atoms with Crippen molar-refractivity contribution in [2.24, 2.45) is 5.92 Å². The number of benzene rings is 1. The quantitative estimate of drug-likeness (QED) is 0.752. The summed E-state index contributed by atoms with van der Waals surface area (Å²) in [5.74, 6) is -0.472. The molecule has 0 saturated heterocycles. The second-order valence-corrected chi connectivity index (χ2v) is 7.01. The number of rotatable bonds is 6. The average molecular weight is 312 g/mol. The Bertz CT molecular complexity index is 606. The first-order valence-corrected chi connectivity index (χ1v) is 8.47. The largest absolute Gasteiger partial charge is 0.354 e. The fraction of sp³-hybridized carbons (Fsp3) is 0.429. The fourth-order valence-corrected chi connectivity index (χ4v) is 2.15. The van der Waals surface area contributed by atoms with Crippen LogP contribution in [-0.2, 0) is 14.6 Å². The molecule has 0 aliphatic carbocycles. The Morgan fingerprint density at radius 3 is 2.05 bits per heavy atom. The molecular weight excluding hydrogens is 292 g/mol. The number of hydrogen-bond acceptors (Lipinski definition) is 4. The highest BCUT2D eigenvalue weighted by Gasteiger charge is 2.10. The van der Waals surface area contributed by atoms with E-state index in [4.69, 9.17) is 0 Å². The van der Waals surface area contributed by atoms with Gasteiger partial charge in [0.15, 0.2) is 9.84 Å². The molecule has 0 atom stereocenters. The minimum atomic E-state index is -3.26. The highest BCUT2D eigenvalue weighted by molar-refractivity contribution is 7.90. The summed E-state index contributed by atoms with van der Waals surface area (Å²) in [6.07, 6.45) is 1.11. The van der Waals surface area contributed by atoms with Crippen LogP contribution < -0.4 is 10.6 Å². The van der Waals surface area contributed by atoms with Crippen molar-refractivity contribution in [1.29, 1.82) is 0 Å². The van der Waals surface area contributed by atoms with Crippen molar-refractivity contribution in [2.45, 2.75) is 18.7 Å². The maximum atomic E-state index is 11.8. The molecule has 1 rings (SSSR count). The molecule has 0 unspecified atom stereocenters. The first kappa shape index (κ1) is 17.2. The third kappa shape index (κ3) is 5.55. The van der Waals surface area contributed by atoms with E-state index in [-0.39, 0.29) is 22.6 Å². The normalized spacial score (nSPS) is 11.2. The first-order valence-electron chi connectivity index (χ1n) is 6.58. The molecule has 0 heterocycles. The predicted octanol–water partition coefficient (Wildman–Crippen LogP) is 0.592. The van der Waals surface area contributed by atoms with Crippen molar-refractivity contribution < 1.29 is 18.0 Å². The Hall–Kier alpha value is -1.89. The SMILES string of the molecule is CC(C)C(=O)NCCNC(=O)c1ccc(S(C)(=O)=O)cc1. The molecular formula is C14H20N2O4S. The lowest BCUT2D eigenvalue weighted by Crippen LogP contribution is -2.36. The maximum absolute atomic E-state index is 11.8. The predicted molar refractivity (Wildman–Crippen MR) is 79.7 cm³/mol. The van der Waals surface area contributed by atoms with E-state index in [1.807, 2.05) is 0 Å². The van der Waals surface area contributed by atoms with Gasteiger partial charge in [0, 0.05) is 30.8 Å². The molecule has 0 aromatic heterocycles. The molecule has 0 aliphatic heterocycles. The molecule has 2 amide bonds. The number of carbonyl (C=O) groups excluding carboxylic acids is 2. The summed E-state index contributed by atoms with van der Waals surface area (Å²) in [4.78, 5) is 23.3. The van der Waals surface area contributed by atoms with Crippen LogP contribution in [-0.4, -0.2) is 39.6 Å². The van der Waals surface area contributed by atoms with Gasteiger partial charge in [0.05, 0.1) is 4.90 Å². The van der Waals surface area contributed by atoms with Crippen molar-refractivity contribution in [3.63, 3.8) is 0 Å². The van der Waals surface area contributed by atoms with Gasteiger partial charge in [0.25, 0.3) is 5.91 Å². The molecule has 0 saturated carbocycles. The fourth-order valence-electron chi connectivity index (χ4n) is 1.52. The van der Waals surface area contributed by atoms with E-state index in [1.165, 1.54) is 24.3 Å². The van der Waals surface area contributed by atoms with E-state index in [1.54, 1.807) is 13.8 Å². The van der Waals surface area contributed by atoms with Gasteiger partial charge < -0.3 is 10.6 Å². The molecule has 116 valence electrons. The topological polar surface area (TPSA) is 92.3 Å². The number of sulfone groups is 1. The highest BCUT2D eigenvalue weighted by Crippen LogP contribution is 2.10. The van der Waals surface area contributed by atoms with E-state index in [0.717, 1.165) is 6.26 Å². The lowest BCUT2D eigenvalue weighted by molar-refractivity contribution is -0.123. The summed E-state index contributed by atoms with van der Waals surface area (Å²) in [5.41, 5.74) is 0.373. The lowest BCUT2D eigenvalue weighted by Gasteiger charge is -2.09. The summed E-state index contributed by atoms with van der Waals surface area (Å²) >= 11 is 0. The molecule has 0 fully saturated rings. The lowest BCUT2D eigenvalue weighted by atomic mass is 10.2. The minimum Gasteiger partial charge on any atom is -0.354 e. The zero-order valence-electron chi connectivity index (χ0n) is 12.3. The van der Waals surface area contributed by atoms with E-state index < -0.39 is 9.84 Å². The number of amides is 2. The van der Waals surface area contributed by atoms with Crippen molar-refractivity contribution in [1.82, 2.24) is 10.6 Å². The monoisotopic (exact) mass is 312 g/mol. The maximum Gasteiger partial charge on any atom is 0.251 e. The van der Waals surface area contributed by atoms with Gasteiger partial charge in [0.2, 0.25) is 5.91 Å². The summed E-state index contributed by atoms with van der Waals surface area (Å²) in [5, 5.41) is 5.33. The molecule has 0 radical (unpaired) electrons. The molecule has 0 aliphatic rings. The minimum absolute atomic E-state index is 0.0678. The van der Waals surface area contributed by atoms with E-state index >= 15 is 0 Å². The van der Waals surface area contributed by atoms with Crippen molar-refractivity contribution in [2.75, 3.05) is 19.3 Å². The second-order valence-electron chi connectivity index (χ2n) is 5.00. The number of nitrogens with one attached hydrogen (secondary N) is 2. The van der Waals surface area contributed by atoms with Gasteiger partial charge in [-0.3, -0.25) is 9.59 Å². The summed E-state index contributed by atoms with van der Waals surface area (Å²) in [6, 6.07) is 5.70. The Kier molecular flexibility index (Phi) is 5.90. The average Bonchev–Trinajstić information content (AvgIpc) is 2.42. The van der Waals surface area contributed by atoms with Gasteiger partial charge >= 0.3 is 0 Å². The van der Waals surface area contributed by atoms with Crippen molar-refractivity contribution in [3.05, 3.63) is 29.8 Å². The van der Waals surface area contributed by atoms with Crippen LogP contribution in [0.15, 0.2) is 29.2 Å². The van der Waals surface area contributed by atoms with Gasteiger partial charge in [-0.15, -0.1) is 0 Å². The van der Waals surface area contributed by atoms with Crippen LogP contribution in [0.1, 0.15) is 24.2 Å². The molecule has 0 bridgehead atoms. The number of hydrogen-bond donors (Lipinski definition) is 2. The Morgan fingerprint density at radius 2 is 1.57 bits per heavy atom. The molecule has 1 aromatic rings. The third-order valence-corrected chi connectivity index (χ3v) is 3.91. The van der Waals surface area contributed by atoms with E-state index in [2.05, 4.69) is 10.6 Å². The Balaban J connectivity index is 2.48. The van der Waals surface area contributed by atoms with Crippen LogP contribution in [0.4, 0.5) is 0 Å². The van der Waals surface area contributed by atoms with Gasteiger partial charge in [-0.25, -0.2) is 8.42 Å². The van der Waals surface area contributed by atoms with Gasteiger partial charge in [-0.2, -0.15) is 0 Å². The van der Waals surface area contributed by atoms with Crippen LogP contribution in [0.3, 0.4) is 0 Å². The smallest absolute Gasteiger partial charge is 0.251 e. The van der Waals surface area contributed by atoms with Crippen molar-refractivity contribution >= 4 is 21.7 Å². The molecule has 21 heavy (non-hydrogen) atoms. The van der Waals surface area contributed by atoms with Crippen LogP contribution >= 0.6 is 0 Å². The Morgan fingerprint density at radius 1 is 1.05 bits per heavy atom. The van der Waals surface area contributed by atoms with Crippen LogP contribution in [0.2, 0.25) is 0 Å². The second kappa shape index (κ2) is 7.21. The summed E-state index contributed by atoms with van der Waals surface area (Å²) in [7, 11) is -3.26. The van der Waals surface area contributed by atoms with Crippen molar-refractivity contribution in [3.8, 4) is 0 Å². The van der Waals surface area contributed by atoms with Crippen LogP contribution in [0.25, 0.3) is 0 Å². The molecule has 6 nitrogen and oxygen atoms in total. The summed E-state index contributed by atoms with van der Waals surface area (Å²) in [6.45, 7) is 4.24. The van der Waals surface area contributed by atoms with Crippen LogP contribution in [0, 0.1) is 5.92 Å². The number of carbonyl (C=O) groups is 2. The highest BCUT2D eigenvalue weighted by atomic mass is 32.2. The Labute approximate surface area is 124 Å². The van der Waals surface area contributed by atoms with Gasteiger partial charge in [-0.05, 0) is 24.3 Å². The molecule has 2 N–H and O–H groups in total. The molecule has 7 heteroatoms. The third-order valence-electron chi connectivity index (χ3n) is 2.78. The molecule has 1 aromatic carbocycles. The first-order chi connectivity index (χ1) is 9.71. The van der Waals surface area contributed by atoms with Crippen LogP contribution in [0.5, 0.6) is 0 Å².